The Labute approximate surface area is 221 Å². The number of nitrogens with one attached hydrogen (secondary N) is 2. The molecule has 2 N–H and O–H groups in total. The first-order chi connectivity index (χ1) is 18.5. The molecule has 0 unspecified atom stereocenters. The molecule has 38 heavy (non-hydrogen) atoms. The summed E-state index contributed by atoms with van der Waals surface area (Å²) in [5, 5.41) is 10.5. The van der Waals surface area contributed by atoms with Gasteiger partial charge in [0, 0.05) is 51.9 Å². The Hall–Kier alpha value is -3.92. The van der Waals surface area contributed by atoms with Gasteiger partial charge in [-0.05, 0) is 48.6 Å². The predicted octanol–water partition coefficient (Wildman–Crippen LogP) is 3.70. The zero-order valence-electron chi connectivity index (χ0n) is 21.5. The van der Waals surface area contributed by atoms with E-state index in [1.165, 1.54) is 25.0 Å². The van der Waals surface area contributed by atoms with Crippen molar-refractivity contribution in [3.63, 3.8) is 0 Å². The third-order valence-corrected chi connectivity index (χ3v) is 7.62. The number of urea groups is 1. The third-order valence-electron chi connectivity index (χ3n) is 7.62. The number of aryl methyl sites for hydroxylation is 1. The first kappa shape index (κ1) is 24.4. The van der Waals surface area contributed by atoms with Gasteiger partial charge in [0.1, 0.15) is 11.6 Å². The molecule has 3 aromatic rings. The van der Waals surface area contributed by atoms with Crippen molar-refractivity contribution in [2.75, 3.05) is 42.9 Å². The lowest BCUT2D eigenvalue weighted by Gasteiger charge is -2.34. The van der Waals surface area contributed by atoms with E-state index in [1.54, 1.807) is 21.8 Å². The summed E-state index contributed by atoms with van der Waals surface area (Å²) in [6, 6.07) is 11.8. The minimum absolute atomic E-state index is 0.0194. The molecular weight excluding hydrogens is 485 g/mol. The largest absolute Gasteiger partial charge is 0.338 e. The number of carbonyl (C=O) groups excluding carboxylic acids is 2. The molecule has 9 nitrogen and oxygen atoms in total. The number of fused-ring (bicyclic) bond motifs is 2. The Morgan fingerprint density at radius 2 is 1.89 bits per heavy atom. The second-order valence-electron chi connectivity index (χ2n) is 10.4. The molecule has 1 saturated heterocycles. The number of aromatic nitrogens is 2. The number of nitrogens with zero attached hydrogens (tertiary/aromatic N) is 5. The average Bonchev–Trinajstić information content (AvgIpc) is 3.71. The van der Waals surface area contributed by atoms with E-state index in [0.717, 1.165) is 42.6 Å². The molecule has 2 fully saturated rings. The number of halogens is 1. The molecule has 1 saturated carbocycles. The Balaban J connectivity index is 1.12. The predicted molar refractivity (Wildman–Crippen MR) is 143 cm³/mol. The van der Waals surface area contributed by atoms with Crippen molar-refractivity contribution >= 4 is 29.1 Å². The van der Waals surface area contributed by atoms with Crippen molar-refractivity contribution in [2.24, 2.45) is 13.0 Å². The smallest absolute Gasteiger partial charge is 0.317 e. The topological polar surface area (TPSA) is 85.7 Å². The van der Waals surface area contributed by atoms with Crippen molar-refractivity contribution < 1.29 is 14.0 Å². The summed E-state index contributed by atoms with van der Waals surface area (Å²) in [7, 11) is 1.83. The minimum atomic E-state index is -0.614. The van der Waals surface area contributed by atoms with Crippen LogP contribution in [-0.2, 0) is 20.1 Å². The van der Waals surface area contributed by atoms with Crippen LogP contribution in [-0.4, -0.2) is 64.2 Å². The lowest BCUT2D eigenvalue weighted by atomic mass is 10.1. The number of rotatable bonds is 5. The second-order valence-corrected chi connectivity index (χ2v) is 10.4. The Bertz CT molecular complexity index is 1360. The normalized spacial score (nSPS) is 17.3. The van der Waals surface area contributed by atoms with Gasteiger partial charge >= 0.3 is 6.03 Å². The number of anilines is 3. The van der Waals surface area contributed by atoms with Gasteiger partial charge in [0.25, 0.3) is 5.91 Å². The number of para-hydroxylation sites is 2. The maximum absolute atomic E-state index is 15.3. The number of piperazine rings is 1. The summed E-state index contributed by atoms with van der Waals surface area (Å²) >= 11 is 0. The van der Waals surface area contributed by atoms with Crippen molar-refractivity contribution in [3.8, 4) is 0 Å². The molecule has 1 aromatic heterocycles. The van der Waals surface area contributed by atoms with Crippen LogP contribution in [0.1, 0.15) is 34.3 Å². The fraction of sp³-hybridized carbons (Fsp3) is 0.393. The highest BCUT2D eigenvalue weighted by Crippen LogP contribution is 2.36. The van der Waals surface area contributed by atoms with Crippen LogP contribution in [0.4, 0.5) is 26.4 Å². The molecule has 198 valence electrons. The van der Waals surface area contributed by atoms with Crippen LogP contribution in [0.2, 0.25) is 0 Å². The summed E-state index contributed by atoms with van der Waals surface area (Å²) in [6.45, 7) is 4.79. The van der Waals surface area contributed by atoms with Gasteiger partial charge in [-0.3, -0.25) is 14.4 Å². The van der Waals surface area contributed by atoms with E-state index in [9.17, 15) is 9.59 Å². The van der Waals surface area contributed by atoms with Crippen LogP contribution in [0, 0.1) is 11.7 Å². The van der Waals surface area contributed by atoms with E-state index in [1.807, 2.05) is 36.2 Å². The molecule has 0 spiro atoms. The maximum Gasteiger partial charge on any atom is 0.317 e. The quantitative estimate of drug-likeness (QED) is 0.539. The standard InChI is InChI=1S/C28H32FN7O2/c1-33-26-21(16-31-33)18-36(25-5-3-2-4-24(25)32-26)27(37)22-9-8-20(14-23(22)29)15-30-28(38)35-12-10-34(11-13-35)17-19-6-7-19/h2-5,8-9,14,16,19,32H,6-7,10-13,15,17-18H2,1H3,(H,30,38). The molecule has 2 aromatic carbocycles. The van der Waals surface area contributed by atoms with Crippen LogP contribution in [0.5, 0.6) is 0 Å². The van der Waals surface area contributed by atoms with Crippen LogP contribution >= 0.6 is 0 Å². The Kier molecular flexibility index (Phi) is 6.49. The van der Waals surface area contributed by atoms with E-state index in [2.05, 4.69) is 20.6 Å². The Morgan fingerprint density at radius 1 is 1.11 bits per heavy atom. The highest BCUT2D eigenvalue weighted by molar-refractivity contribution is 6.08. The van der Waals surface area contributed by atoms with Gasteiger partial charge in [0.15, 0.2) is 0 Å². The number of benzene rings is 2. The number of hydrogen-bond donors (Lipinski definition) is 2. The molecular formula is C28H32FN7O2. The second kappa shape index (κ2) is 10.1. The minimum Gasteiger partial charge on any atom is -0.338 e. The van der Waals surface area contributed by atoms with Crippen LogP contribution in [0.25, 0.3) is 0 Å². The van der Waals surface area contributed by atoms with Gasteiger partial charge in [0.2, 0.25) is 0 Å². The van der Waals surface area contributed by atoms with Crippen molar-refractivity contribution in [3.05, 3.63) is 71.2 Å². The van der Waals surface area contributed by atoms with Crippen LogP contribution < -0.4 is 15.5 Å². The lowest BCUT2D eigenvalue weighted by Crippen LogP contribution is -2.51. The molecule has 3 heterocycles. The molecule has 6 rings (SSSR count). The third kappa shape index (κ3) is 4.96. The monoisotopic (exact) mass is 517 g/mol. The SMILES string of the molecule is Cn1ncc2c1Nc1ccccc1N(C(=O)c1ccc(CNC(=O)N3CCN(CC4CC4)CC3)cc1F)C2. The van der Waals surface area contributed by atoms with E-state index in [0.29, 0.717) is 24.3 Å². The zero-order chi connectivity index (χ0) is 26.2. The van der Waals surface area contributed by atoms with Crippen LogP contribution in [0.3, 0.4) is 0 Å². The summed E-state index contributed by atoms with van der Waals surface area (Å²) in [5.74, 6) is 0.590. The van der Waals surface area contributed by atoms with Crippen molar-refractivity contribution in [2.45, 2.75) is 25.9 Å². The van der Waals surface area contributed by atoms with Gasteiger partial charge in [-0.25, -0.2) is 9.18 Å². The van der Waals surface area contributed by atoms with Gasteiger partial charge < -0.3 is 20.4 Å². The number of amides is 3. The molecule has 1 aliphatic carbocycles. The molecule has 3 amide bonds. The van der Waals surface area contributed by atoms with E-state index in [-0.39, 0.29) is 24.7 Å². The molecule has 10 heteroatoms. The first-order valence-corrected chi connectivity index (χ1v) is 13.2. The fourth-order valence-electron chi connectivity index (χ4n) is 5.21. The molecule has 3 aliphatic rings. The van der Waals surface area contributed by atoms with Crippen molar-refractivity contribution in [1.29, 1.82) is 0 Å². The average molecular weight is 518 g/mol. The lowest BCUT2D eigenvalue weighted by molar-refractivity contribution is 0.0981. The van der Waals surface area contributed by atoms with E-state index >= 15 is 4.39 Å². The van der Waals surface area contributed by atoms with Gasteiger partial charge in [0.05, 0.1) is 29.7 Å². The maximum atomic E-state index is 15.3. The van der Waals surface area contributed by atoms with E-state index < -0.39 is 11.7 Å². The van der Waals surface area contributed by atoms with Crippen molar-refractivity contribution in [1.82, 2.24) is 24.9 Å². The highest BCUT2D eigenvalue weighted by Gasteiger charge is 2.29. The first-order valence-electron chi connectivity index (χ1n) is 13.2. The van der Waals surface area contributed by atoms with Gasteiger partial charge in [-0.2, -0.15) is 5.10 Å². The highest BCUT2D eigenvalue weighted by atomic mass is 19.1. The molecule has 2 aliphatic heterocycles. The summed E-state index contributed by atoms with van der Waals surface area (Å²) in [4.78, 5) is 32.1. The molecule has 0 radical (unpaired) electrons. The van der Waals surface area contributed by atoms with Crippen LogP contribution in [0.15, 0.2) is 48.7 Å². The summed E-state index contributed by atoms with van der Waals surface area (Å²) < 4.78 is 17.0. The zero-order valence-corrected chi connectivity index (χ0v) is 21.5. The van der Waals surface area contributed by atoms with E-state index in [4.69, 9.17) is 0 Å². The molecule has 0 bridgehead atoms. The number of carbonyl (C=O) groups is 2. The summed E-state index contributed by atoms with van der Waals surface area (Å²) in [6.07, 6.45) is 4.37. The Morgan fingerprint density at radius 3 is 2.66 bits per heavy atom. The van der Waals surface area contributed by atoms with Gasteiger partial charge in [-0.15, -0.1) is 0 Å². The fourth-order valence-corrected chi connectivity index (χ4v) is 5.21. The van der Waals surface area contributed by atoms with Gasteiger partial charge in [-0.1, -0.05) is 18.2 Å². The summed E-state index contributed by atoms with van der Waals surface area (Å²) in [5.41, 5.74) is 2.84. The number of hydrogen-bond acceptors (Lipinski definition) is 5. The molecule has 0 atom stereocenters.